The number of rotatable bonds is 7. The number of nitrogens with one attached hydrogen (secondary N) is 1. The molecule has 1 aliphatic carbocycles. The first-order valence-electron chi connectivity index (χ1n) is 17.2. The summed E-state index contributed by atoms with van der Waals surface area (Å²) in [4.78, 5) is 63.6. The summed E-state index contributed by atoms with van der Waals surface area (Å²) in [5, 5.41) is 13.8. The van der Waals surface area contributed by atoms with Gasteiger partial charge in [-0.1, -0.05) is 29.8 Å². The van der Waals surface area contributed by atoms with Crippen LogP contribution in [0.25, 0.3) is 0 Å². The predicted molar refractivity (Wildman–Crippen MR) is 188 cm³/mol. The second-order valence-electron chi connectivity index (χ2n) is 14.3. The van der Waals surface area contributed by atoms with Crippen LogP contribution in [0.4, 0.5) is 4.39 Å². The molecule has 52 heavy (non-hydrogen) atoms. The van der Waals surface area contributed by atoms with Gasteiger partial charge in [0, 0.05) is 66.0 Å². The van der Waals surface area contributed by atoms with Gasteiger partial charge < -0.3 is 20.2 Å². The van der Waals surface area contributed by atoms with Crippen LogP contribution in [0.1, 0.15) is 58.7 Å². The molecule has 0 spiro atoms. The number of amides is 3. The number of likely N-dealkylation sites (N-methyl/N-ethyl adjacent to an activating group) is 2. The van der Waals surface area contributed by atoms with Gasteiger partial charge in [0.1, 0.15) is 17.2 Å². The second-order valence-corrected chi connectivity index (χ2v) is 16.3. The minimum absolute atomic E-state index is 0.0327. The molecule has 0 radical (unpaired) electrons. The summed E-state index contributed by atoms with van der Waals surface area (Å²) >= 11 is 0. The zero-order valence-corrected chi connectivity index (χ0v) is 30.8. The molecule has 0 unspecified atom stereocenters. The van der Waals surface area contributed by atoms with Crippen molar-refractivity contribution < 1.29 is 32.3 Å². The van der Waals surface area contributed by atoms with E-state index >= 15 is 0 Å². The molecule has 2 bridgehead atoms. The number of carbonyl (C=O) groups is 3. The van der Waals surface area contributed by atoms with Crippen LogP contribution in [0.15, 0.2) is 52.2 Å². The smallest absolute Gasteiger partial charge is 0.312 e. The van der Waals surface area contributed by atoms with Gasteiger partial charge in [-0.2, -0.15) is 4.31 Å². The molecule has 3 aliphatic heterocycles. The Bertz CT molecular complexity index is 2090. The van der Waals surface area contributed by atoms with Crippen molar-refractivity contribution in [3.05, 3.63) is 86.8 Å². The Labute approximate surface area is 301 Å². The molecule has 1 saturated carbocycles. The van der Waals surface area contributed by atoms with Gasteiger partial charge in [-0.25, -0.2) is 17.8 Å². The fourth-order valence-corrected chi connectivity index (χ4v) is 9.21. The van der Waals surface area contributed by atoms with Gasteiger partial charge in [0.25, 0.3) is 11.5 Å². The summed E-state index contributed by atoms with van der Waals surface area (Å²) in [7, 11) is 0.676. The predicted octanol–water partition coefficient (Wildman–Crippen LogP) is 1.71. The second kappa shape index (κ2) is 13.7. The number of hydrogen-bond acceptors (Lipinski definition) is 9. The van der Waals surface area contributed by atoms with Gasteiger partial charge in [-0.15, -0.1) is 0 Å². The molecular weight excluding hydrogens is 694 g/mol. The van der Waals surface area contributed by atoms with Crippen molar-refractivity contribution in [2.24, 2.45) is 0 Å². The van der Waals surface area contributed by atoms with Crippen molar-refractivity contribution in [1.82, 2.24) is 33.9 Å². The number of hydrogen-bond donors (Lipinski definition) is 2. The van der Waals surface area contributed by atoms with E-state index < -0.39 is 61.6 Å². The minimum Gasteiger partial charge on any atom is -0.501 e. The number of aryl methyl sites for hydroxylation is 2. The molecule has 3 amide bonds. The van der Waals surface area contributed by atoms with Gasteiger partial charge in [0.2, 0.25) is 15.8 Å². The largest absolute Gasteiger partial charge is 0.501 e. The van der Waals surface area contributed by atoms with Gasteiger partial charge in [0.15, 0.2) is 5.69 Å². The molecule has 1 aromatic heterocycles. The van der Waals surface area contributed by atoms with Crippen molar-refractivity contribution in [3.8, 4) is 5.75 Å². The van der Waals surface area contributed by atoms with Crippen LogP contribution in [0.3, 0.4) is 0 Å². The lowest BCUT2D eigenvalue weighted by Gasteiger charge is -2.52. The molecule has 4 aliphatic rings. The van der Waals surface area contributed by atoms with E-state index in [4.69, 9.17) is 0 Å². The fraction of sp³-hybridized carbons (Fsp3) is 0.472. The highest BCUT2D eigenvalue weighted by atomic mass is 32.2. The Hall–Kier alpha value is -4.67. The van der Waals surface area contributed by atoms with Gasteiger partial charge in [-0.05, 0) is 68.9 Å². The van der Waals surface area contributed by atoms with E-state index in [0.29, 0.717) is 37.1 Å². The lowest BCUT2D eigenvalue weighted by molar-refractivity contribution is -0.155. The van der Waals surface area contributed by atoms with E-state index in [1.54, 1.807) is 37.3 Å². The number of aromatic hydroxyl groups is 1. The maximum atomic E-state index is 14.1. The zero-order chi connectivity index (χ0) is 37.7. The number of sulfonamides is 1. The molecule has 2 aromatic carbocycles. The van der Waals surface area contributed by atoms with Crippen LogP contribution in [0, 0.1) is 19.7 Å². The highest BCUT2D eigenvalue weighted by Crippen LogP contribution is 2.50. The normalized spacial score (nSPS) is 22.0. The molecule has 278 valence electrons. The SMILES string of the molecule is Cc1ccc(S(=O)(=O)N2CCN(C34CCC(N(C)C(=O)C(=O)N(C)C)(CC3)c3nc(C(=O)NCc5ccc(F)c(C)c5)c(O)c(=O)n3C4)CC2)cc1. The standard InChI is InChI=1S/C36H44FN7O7S/c1-23-6-9-26(10-7-23)52(50,51)43-18-16-42(17-19-43)35-12-14-36(15-13-35,41(5)33(49)32(48)40(3)4)34-39-28(29(45)31(47)44(34)22-35)30(46)38-21-25-8-11-27(37)24(2)20-25/h6-11,20,45H,12-19,21-22H2,1-5H3,(H,38,46). The summed E-state index contributed by atoms with van der Waals surface area (Å²) in [6, 6.07) is 11.1. The lowest BCUT2D eigenvalue weighted by Crippen LogP contribution is -2.61. The van der Waals surface area contributed by atoms with Crippen LogP contribution in [-0.4, -0.2) is 113 Å². The number of fused-ring (bicyclic) bond motifs is 2. The summed E-state index contributed by atoms with van der Waals surface area (Å²) in [6.45, 7) is 4.70. The first-order chi connectivity index (χ1) is 24.5. The number of carbonyl (C=O) groups excluding carboxylic acids is 3. The third-order valence-corrected chi connectivity index (χ3v) is 12.9. The first-order valence-corrected chi connectivity index (χ1v) is 18.6. The van der Waals surface area contributed by atoms with Crippen LogP contribution in [0.2, 0.25) is 0 Å². The quantitative estimate of drug-likeness (QED) is 0.344. The Balaban J connectivity index is 1.34. The molecule has 2 fully saturated rings. The first kappa shape index (κ1) is 37.1. The van der Waals surface area contributed by atoms with Gasteiger partial charge in [-0.3, -0.25) is 28.6 Å². The van der Waals surface area contributed by atoms with Crippen molar-refractivity contribution in [1.29, 1.82) is 0 Å². The van der Waals surface area contributed by atoms with Crippen molar-refractivity contribution in [2.75, 3.05) is 47.3 Å². The van der Waals surface area contributed by atoms with E-state index in [-0.39, 0.29) is 49.7 Å². The van der Waals surface area contributed by atoms with E-state index in [1.165, 1.54) is 47.0 Å². The highest BCUT2D eigenvalue weighted by Gasteiger charge is 2.56. The summed E-state index contributed by atoms with van der Waals surface area (Å²) < 4.78 is 43.5. The fourth-order valence-electron chi connectivity index (χ4n) is 7.79. The topological polar surface area (TPSA) is 165 Å². The highest BCUT2D eigenvalue weighted by molar-refractivity contribution is 7.89. The summed E-state index contributed by atoms with van der Waals surface area (Å²) in [5.74, 6) is -3.61. The molecule has 0 atom stereocenters. The van der Waals surface area contributed by atoms with Crippen LogP contribution >= 0.6 is 0 Å². The Kier molecular flexibility index (Phi) is 9.78. The Morgan fingerprint density at radius 2 is 1.58 bits per heavy atom. The number of piperazine rings is 1. The number of benzene rings is 2. The molecule has 14 nitrogen and oxygen atoms in total. The lowest BCUT2D eigenvalue weighted by atomic mass is 9.71. The maximum Gasteiger partial charge on any atom is 0.312 e. The van der Waals surface area contributed by atoms with Crippen LogP contribution in [-0.2, 0) is 38.2 Å². The van der Waals surface area contributed by atoms with Crippen molar-refractivity contribution >= 4 is 27.7 Å². The molecule has 1 saturated heterocycles. The number of halogens is 1. The minimum atomic E-state index is -3.73. The zero-order valence-electron chi connectivity index (χ0n) is 30.0. The molecule has 4 heterocycles. The maximum absolute atomic E-state index is 14.1. The van der Waals surface area contributed by atoms with Gasteiger partial charge in [0.05, 0.1) is 4.90 Å². The van der Waals surface area contributed by atoms with Crippen molar-refractivity contribution in [3.63, 3.8) is 0 Å². The van der Waals surface area contributed by atoms with E-state index in [1.807, 2.05) is 6.92 Å². The Morgan fingerprint density at radius 1 is 0.942 bits per heavy atom. The Morgan fingerprint density at radius 3 is 2.17 bits per heavy atom. The van der Waals surface area contributed by atoms with Crippen LogP contribution in [0.5, 0.6) is 5.75 Å². The van der Waals surface area contributed by atoms with E-state index in [9.17, 15) is 37.1 Å². The average molecular weight is 738 g/mol. The third-order valence-electron chi connectivity index (χ3n) is 11.0. The molecule has 7 rings (SSSR count). The number of nitrogens with zero attached hydrogens (tertiary/aromatic N) is 6. The monoisotopic (exact) mass is 737 g/mol. The van der Waals surface area contributed by atoms with E-state index in [0.717, 1.165) is 10.5 Å². The van der Waals surface area contributed by atoms with E-state index in [2.05, 4.69) is 15.2 Å². The molecular formula is C36H44FN7O7S. The van der Waals surface area contributed by atoms with Crippen LogP contribution < -0.4 is 10.9 Å². The number of aromatic nitrogens is 2. The van der Waals surface area contributed by atoms with Crippen molar-refractivity contribution in [2.45, 2.75) is 68.6 Å². The summed E-state index contributed by atoms with van der Waals surface area (Å²) in [5.41, 5.74) is -1.42. The molecule has 3 aromatic rings. The third kappa shape index (κ3) is 6.36. The average Bonchev–Trinajstić information content (AvgIpc) is 3.37. The summed E-state index contributed by atoms with van der Waals surface area (Å²) in [6.07, 6.45) is 1.48. The molecule has 2 N–H and O–H groups in total. The van der Waals surface area contributed by atoms with Gasteiger partial charge >= 0.3 is 11.8 Å². The molecule has 16 heteroatoms.